The van der Waals surface area contributed by atoms with E-state index < -0.39 is 23.0 Å². The zero-order valence-electron chi connectivity index (χ0n) is 10.4. The number of hydrogen-bond donors (Lipinski definition) is 2. The summed E-state index contributed by atoms with van der Waals surface area (Å²) in [5, 5.41) is 8.86. The molecule has 0 atom stereocenters. The number of nitrogens with zero attached hydrogens (tertiary/aromatic N) is 1. The van der Waals surface area contributed by atoms with Gasteiger partial charge < -0.3 is 10.1 Å². The van der Waals surface area contributed by atoms with Crippen molar-refractivity contribution in [2.75, 3.05) is 0 Å². The van der Waals surface area contributed by atoms with E-state index in [1.54, 1.807) is 0 Å². The average molecular weight is 272 g/mol. The second-order valence-electron chi connectivity index (χ2n) is 4.85. The second kappa shape index (κ2) is 4.71. The average Bonchev–Trinajstić information content (AvgIpc) is 2.27. The summed E-state index contributed by atoms with van der Waals surface area (Å²) in [6.07, 6.45) is 0.00576. The minimum atomic E-state index is -2.65. The predicted octanol–water partition coefficient (Wildman–Crippen LogP) is 2.07. The van der Waals surface area contributed by atoms with E-state index in [1.165, 1.54) is 6.92 Å². The van der Waals surface area contributed by atoms with Gasteiger partial charge in [-0.15, -0.1) is 0 Å². The molecule has 0 amide bonds. The number of hydrogen-bond acceptors (Lipinski definition) is 3. The number of carboxylic acids is 1. The maximum absolute atomic E-state index is 13.1. The first-order valence-corrected chi connectivity index (χ1v) is 6.02. The molecule has 19 heavy (non-hydrogen) atoms. The Kier molecular flexibility index (Phi) is 3.38. The Morgan fingerprint density at radius 2 is 2.00 bits per heavy atom. The molecular formula is C12H14F2N2O3. The predicted molar refractivity (Wildman–Crippen MR) is 62.7 cm³/mol. The topological polar surface area (TPSA) is 83.0 Å². The highest BCUT2D eigenvalue weighted by Gasteiger charge is 2.36. The summed E-state index contributed by atoms with van der Waals surface area (Å²) in [5.41, 5.74) is -1.01. The van der Waals surface area contributed by atoms with Crippen molar-refractivity contribution in [2.45, 2.75) is 44.4 Å². The molecule has 2 rings (SSSR count). The van der Waals surface area contributed by atoms with Crippen molar-refractivity contribution in [3.8, 4) is 0 Å². The number of alkyl halides is 2. The number of carbonyl (C=O) groups is 1. The van der Waals surface area contributed by atoms with E-state index in [0.717, 1.165) is 0 Å². The molecule has 0 unspecified atom stereocenters. The lowest BCUT2D eigenvalue weighted by atomic mass is 9.86. The largest absolute Gasteiger partial charge is 0.477 e. The van der Waals surface area contributed by atoms with E-state index in [2.05, 4.69) is 9.97 Å². The Hall–Kier alpha value is -1.79. The van der Waals surface area contributed by atoms with Crippen molar-refractivity contribution in [2.24, 2.45) is 0 Å². The van der Waals surface area contributed by atoms with Crippen LogP contribution in [0.25, 0.3) is 0 Å². The maximum atomic E-state index is 13.1. The normalized spacial score (nSPS) is 19.3. The van der Waals surface area contributed by atoms with Crippen molar-refractivity contribution in [1.29, 1.82) is 0 Å². The van der Waals surface area contributed by atoms with E-state index >= 15 is 0 Å². The van der Waals surface area contributed by atoms with Gasteiger partial charge in [-0.05, 0) is 19.8 Å². The molecule has 1 aromatic heterocycles. The van der Waals surface area contributed by atoms with Gasteiger partial charge in [0.25, 0.3) is 5.56 Å². The highest BCUT2D eigenvalue weighted by molar-refractivity contribution is 5.88. The lowest BCUT2D eigenvalue weighted by molar-refractivity contribution is -0.0387. The van der Waals surface area contributed by atoms with Gasteiger partial charge >= 0.3 is 5.97 Å². The first-order chi connectivity index (χ1) is 8.80. The summed E-state index contributed by atoms with van der Waals surface area (Å²) in [6.45, 7) is 1.43. The Bertz CT molecular complexity index is 559. The van der Waals surface area contributed by atoms with E-state index in [-0.39, 0.29) is 37.3 Å². The van der Waals surface area contributed by atoms with Gasteiger partial charge in [-0.3, -0.25) is 4.79 Å². The Balaban J connectivity index is 2.28. The molecule has 0 spiro atoms. The van der Waals surface area contributed by atoms with Gasteiger partial charge in [0.1, 0.15) is 11.4 Å². The van der Waals surface area contributed by atoms with Crippen molar-refractivity contribution in [1.82, 2.24) is 9.97 Å². The number of aromatic nitrogens is 2. The van der Waals surface area contributed by atoms with E-state index in [0.29, 0.717) is 5.82 Å². The number of nitrogens with one attached hydrogen (secondary N) is 1. The van der Waals surface area contributed by atoms with Crippen molar-refractivity contribution in [3.05, 3.63) is 27.4 Å². The van der Waals surface area contributed by atoms with Crippen LogP contribution in [-0.2, 0) is 0 Å². The minimum absolute atomic E-state index is 0.114. The molecule has 1 saturated carbocycles. The van der Waals surface area contributed by atoms with E-state index in [9.17, 15) is 18.4 Å². The highest BCUT2D eigenvalue weighted by atomic mass is 19.3. The summed E-state index contributed by atoms with van der Waals surface area (Å²) >= 11 is 0. The first kappa shape index (κ1) is 13.6. The van der Waals surface area contributed by atoms with Crippen LogP contribution in [0.5, 0.6) is 0 Å². The summed E-state index contributed by atoms with van der Waals surface area (Å²) < 4.78 is 26.1. The first-order valence-electron chi connectivity index (χ1n) is 6.02. The van der Waals surface area contributed by atoms with Crippen molar-refractivity contribution >= 4 is 5.97 Å². The molecule has 0 aromatic carbocycles. The molecule has 0 saturated heterocycles. The molecule has 5 nitrogen and oxygen atoms in total. The van der Waals surface area contributed by atoms with Crippen molar-refractivity contribution in [3.63, 3.8) is 0 Å². The lowest BCUT2D eigenvalue weighted by Gasteiger charge is -2.27. The number of aromatic carboxylic acids is 1. The van der Waals surface area contributed by atoms with Crippen LogP contribution in [0.2, 0.25) is 0 Å². The number of rotatable bonds is 2. The molecule has 1 heterocycles. The van der Waals surface area contributed by atoms with Crippen LogP contribution in [0.3, 0.4) is 0 Å². The molecule has 1 aliphatic carbocycles. The van der Waals surface area contributed by atoms with Crippen LogP contribution in [0.4, 0.5) is 8.78 Å². The quantitative estimate of drug-likeness (QED) is 0.863. The molecule has 2 N–H and O–H groups in total. The molecule has 1 fully saturated rings. The number of halogens is 2. The third-order valence-electron chi connectivity index (χ3n) is 3.44. The van der Waals surface area contributed by atoms with Gasteiger partial charge in [-0.2, -0.15) is 0 Å². The smallest absolute Gasteiger partial charge is 0.343 e. The maximum Gasteiger partial charge on any atom is 0.343 e. The molecule has 0 aliphatic heterocycles. The monoisotopic (exact) mass is 272 g/mol. The van der Waals surface area contributed by atoms with Crippen LogP contribution in [0.1, 0.15) is 53.5 Å². The standard InChI is InChI=1S/C12H14F2N2O3/c1-6-8(11(18)19)10(17)16-9(15-6)7-2-4-12(13,14)5-3-7/h7H,2-5H2,1H3,(H,18,19)(H,15,16,17). The van der Waals surface area contributed by atoms with Gasteiger partial charge in [0.05, 0.1) is 5.69 Å². The fourth-order valence-corrected chi connectivity index (χ4v) is 2.37. The van der Waals surface area contributed by atoms with Crippen LogP contribution in [0, 0.1) is 6.92 Å². The molecule has 1 aliphatic rings. The summed E-state index contributed by atoms with van der Waals surface area (Å²) in [4.78, 5) is 29.0. The number of aromatic amines is 1. The van der Waals surface area contributed by atoms with Crippen LogP contribution in [-0.4, -0.2) is 27.0 Å². The van der Waals surface area contributed by atoms with Gasteiger partial charge in [0, 0.05) is 18.8 Å². The van der Waals surface area contributed by atoms with Gasteiger partial charge in [0.15, 0.2) is 0 Å². The summed E-state index contributed by atoms with van der Waals surface area (Å²) in [6, 6.07) is 0. The Morgan fingerprint density at radius 1 is 1.42 bits per heavy atom. The molecule has 0 bridgehead atoms. The number of H-pyrrole nitrogens is 1. The van der Waals surface area contributed by atoms with Crippen LogP contribution >= 0.6 is 0 Å². The molecule has 7 heteroatoms. The Labute approximate surface area is 107 Å². The molecular weight excluding hydrogens is 258 g/mol. The minimum Gasteiger partial charge on any atom is -0.477 e. The SMILES string of the molecule is Cc1nc(C2CCC(F)(F)CC2)[nH]c(=O)c1C(=O)O. The molecule has 1 aromatic rings. The van der Waals surface area contributed by atoms with Gasteiger partial charge in [0.2, 0.25) is 5.92 Å². The van der Waals surface area contributed by atoms with Crippen LogP contribution < -0.4 is 5.56 Å². The molecule has 0 radical (unpaired) electrons. The lowest BCUT2D eigenvalue weighted by Crippen LogP contribution is -2.28. The van der Waals surface area contributed by atoms with Gasteiger partial charge in [-0.1, -0.05) is 0 Å². The van der Waals surface area contributed by atoms with Crippen molar-refractivity contribution < 1.29 is 18.7 Å². The summed E-state index contributed by atoms with van der Waals surface area (Å²) in [7, 11) is 0. The second-order valence-corrected chi connectivity index (χ2v) is 4.85. The fourth-order valence-electron chi connectivity index (χ4n) is 2.37. The van der Waals surface area contributed by atoms with Crippen LogP contribution in [0.15, 0.2) is 4.79 Å². The van der Waals surface area contributed by atoms with Gasteiger partial charge in [-0.25, -0.2) is 18.6 Å². The highest BCUT2D eigenvalue weighted by Crippen LogP contribution is 2.39. The summed E-state index contributed by atoms with van der Waals surface area (Å²) in [5.74, 6) is -3.92. The Morgan fingerprint density at radius 3 is 2.47 bits per heavy atom. The third-order valence-corrected chi connectivity index (χ3v) is 3.44. The third kappa shape index (κ3) is 2.80. The zero-order chi connectivity index (χ0) is 14.2. The zero-order valence-corrected chi connectivity index (χ0v) is 10.4. The molecule has 104 valence electrons. The van der Waals surface area contributed by atoms with E-state index in [4.69, 9.17) is 5.11 Å². The van der Waals surface area contributed by atoms with E-state index in [1.807, 2.05) is 0 Å². The number of carboxylic acid groups (broad SMARTS) is 1. The number of aryl methyl sites for hydroxylation is 1. The fraction of sp³-hybridized carbons (Fsp3) is 0.583.